The first-order valence-corrected chi connectivity index (χ1v) is 12.3. The molecule has 3 amide bonds. The Hall–Kier alpha value is -2.63. The van der Waals surface area contributed by atoms with Crippen LogP contribution >= 0.6 is 11.8 Å². The fraction of sp³-hybridized carbons (Fsp3) is 0.545. The van der Waals surface area contributed by atoms with Crippen molar-refractivity contribution < 1.29 is 24.3 Å². The highest BCUT2D eigenvalue weighted by atomic mass is 32.2. The zero-order valence-corrected chi connectivity index (χ0v) is 19.7. The van der Waals surface area contributed by atoms with Gasteiger partial charge >= 0.3 is 5.97 Å². The summed E-state index contributed by atoms with van der Waals surface area (Å²) < 4.78 is 0. The Morgan fingerprint density at radius 3 is 2.21 bits per heavy atom. The van der Waals surface area contributed by atoms with Gasteiger partial charge in [-0.15, -0.1) is 0 Å². The predicted molar refractivity (Wildman–Crippen MR) is 129 cm³/mol. The van der Waals surface area contributed by atoms with Crippen LogP contribution in [0.2, 0.25) is 0 Å². The van der Waals surface area contributed by atoms with E-state index >= 15 is 0 Å². The summed E-state index contributed by atoms with van der Waals surface area (Å²) in [4.78, 5) is 48.8. The highest BCUT2D eigenvalue weighted by Crippen LogP contribution is 2.07. The molecular formula is C22H35N5O5S. The lowest BCUT2D eigenvalue weighted by atomic mass is 10.0. The second kappa shape index (κ2) is 16.1. The number of benzene rings is 1. The van der Waals surface area contributed by atoms with Gasteiger partial charge in [0.1, 0.15) is 18.6 Å². The number of nitrogens with one attached hydrogen (secondary N) is 3. The molecule has 0 aliphatic rings. The summed E-state index contributed by atoms with van der Waals surface area (Å²) in [7, 11) is 0. The molecule has 1 aromatic carbocycles. The van der Waals surface area contributed by atoms with E-state index in [-0.39, 0.29) is 0 Å². The molecule has 1 rings (SSSR count). The summed E-state index contributed by atoms with van der Waals surface area (Å²) in [6.45, 7) is -0.119. The molecule has 10 nitrogen and oxygen atoms in total. The minimum Gasteiger partial charge on any atom is -0.480 e. The van der Waals surface area contributed by atoms with Crippen molar-refractivity contribution in [2.45, 2.75) is 50.2 Å². The van der Waals surface area contributed by atoms with Crippen LogP contribution in [0.4, 0.5) is 0 Å². The monoisotopic (exact) mass is 481 g/mol. The normalized spacial score (nSPS) is 13.4. The fourth-order valence-corrected chi connectivity index (χ4v) is 3.54. The first-order chi connectivity index (χ1) is 15.8. The maximum Gasteiger partial charge on any atom is 0.322 e. The summed E-state index contributed by atoms with van der Waals surface area (Å²) >= 11 is 1.52. The molecule has 184 valence electrons. The summed E-state index contributed by atoms with van der Waals surface area (Å²) in [6, 6.07) is 6.67. The zero-order chi connectivity index (χ0) is 24.6. The molecule has 0 aliphatic heterocycles. The van der Waals surface area contributed by atoms with Gasteiger partial charge in [-0.05, 0) is 56.2 Å². The van der Waals surface area contributed by atoms with Crippen molar-refractivity contribution >= 4 is 35.5 Å². The second-order valence-electron chi connectivity index (χ2n) is 7.60. The van der Waals surface area contributed by atoms with E-state index in [0.717, 1.165) is 5.56 Å². The van der Waals surface area contributed by atoms with E-state index in [1.807, 2.05) is 36.6 Å². The number of thioether (sulfide) groups is 1. The summed E-state index contributed by atoms with van der Waals surface area (Å²) in [5.41, 5.74) is 12.5. The molecule has 0 saturated carbocycles. The smallest absolute Gasteiger partial charge is 0.322 e. The lowest BCUT2D eigenvalue weighted by molar-refractivity contribution is -0.138. The van der Waals surface area contributed by atoms with Gasteiger partial charge in [-0.3, -0.25) is 19.2 Å². The van der Waals surface area contributed by atoms with Gasteiger partial charge in [-0.1, -0.05) is 30.3 Å². The molecule has 0 radical (unpaired) electrons. The Labute approximate surface area is 198 Å². The van der Waals surface area contributed by atoms with E-state index in [1.54, 1.807) is 0 Å². The van der Waals surface area contributed by atoms with Crippen molar-refractivity contribution in [3.05, 3.63) is 35.9 Å². The predicted octanol–water partition coefficient (Wildman–Crippen LogP) is -0.391. The van der Waals surface area contributed by atoms with Crippen molar-refractivity contribution in [2.75, 3.05) is 25.1 Å². The van der Waals surface area contributed by atoms with E-state index in [9.17, 15) is 19.2 Å². The van der Waals surface area contributed by atoms with Crippen molar-refractivity contribution in [3.63, 3.8) is 0 Å². The third-order valence-electron chi connectivity index (χ3n) is 4.87. The first kappa shape index (κ1) is 28.4. The molecule has 0 heterocycles. The summed E-state index contributed by atoms with van der Waals surface area (Å²) in [6.07, 6.45) is 4.08. The van der Waals surface area contributed by atoms with Crippen molar-refractivity contribution in [1.29, 1.82) is 0 Å². The number of carbonyl (C=O) groups is 4. The SMILES string of the molecule is CSCCC(NC(=O)C(N)Cc1ccccc1)C(=O)NC(CCCCN)C(=O)NCC(=O)O. The average Bonchev–Trinajstić information content (AvgIpc) is 2.79. The van der Waals surface area contributed by atoms with Gasteiger partial charge in [0.25, 0.3) is 0 Å². The number of carboxylic acid groups (broad SMARTS) is 1. The Kier molecular flexibility index (Phi) is 13.8. The quantitative estimate of drug-likeness (QED) is 0.173. The molecule has 8 N–H and O–H groups in total. The Bertz CT molecular complexity index is 765. The second-order valence-corrected chi connectivity index (χ2v) is 8.58. The number of hydrogen-bond acceptors (Lipinski definition) is 7. The van der Waals surface area contributed by atoms with Gasteiger partial charge in [0.05, 0.1) is 6.04 Å². The Morgan fingerprint density at radius 2 is 1.61 bits per heavy atom. The molecule has 0 bridgehead atoms. The number of amides is 3. The van der Waals surface area contributed by atoms with Crippen LogP contribution in [0.5, 0.6) is 0 Å². The summed E-state index contributed by atoms with van der Waals surface area (Å²) in [5.74, 6) is -2.16. The van der Waals surface area contributed by atoms with Gasteiger partial charge in [0.2, 0.25) is 17.7 Å². The summed E-state index contributed by atoms with van der Waals surface area (Å²) in [5, 5.41) is 16.4. The molecule has 0 aromatic heterocycles. The van der Waals surface area contributed by atoms with E-state index in [0.29, 0.717) is 44.4 Å². The van der Waals surface area contributed by atoms with Crippen molar-refractivity contribution in [3.8, 4) is 0 Å². The topological polar surface area (TPSA) is 177 Å². The van der Waals surface area contributed by atoms with Gasteiger partial charge in [-0.2, -0.15) is 11.8 Å². The van der Waals surface area contributed by atoms with Crippen LogP contribution in [-0.2, 0) is 25.6 Å². The lowest BCUT2D eigenvalue weighted by Gasteiger charge is -2.24. The van der Waals surface area contributed by atoms with E-state index in [4.69, 9.17) is 16.6 Å². The van der Waals surface area contributed by atoms with Gasteiger partial charge in [0.15, 0.2) is 0 Å². The molecule has 0 saturated heterocycles. The number of rotatable bonds is 16. The van der Waals surface area contributed by atoms with E-state index < -0.39 is 48.4 Å². The molecular weight excluding hydrogens is 446 g/mol. The highest BCUT2D eigenvalue weighted by molar-refractivity contribution is 7.98. The highest BCUT2D eigenvalue weighted by Gasteiger charge is 2.28. The maximum atomic E-state index is 13.0. The zero-order valence-electron chi connectivity index (χ0n) is 18.9. The third-order valence-corrected chi connectivity index (χ3v) is 5.52. The van der Waals surface area contributed by atoms with Crippen molar-refractivity contribution in [1.82, 2.24) is 16.0 Å². The van der Waals surface area contributed by atoms with Crippen LogP contribution in [0.3, 0.4) is 0 Å². The van der Waals surface area contributed by atoms with E-state index in [2.05, 4.69) is 16.0 Å². The van der Waals surface area contributed by atoms with E-state index in [1.165, 1.54) is 11.8 Å². The largest absolute Gasteiger partial charge is 0.480 e. The van der Waals surface area contributed by atoms with Gasteiger partial charge in [0, 0.05) is 0 Å². The molecule has 3 unspecified atom stereocenters. The van der Waals surface area contributed by atoms with Crippen LogP contribution < -0.4 is 27.4 Å². The molecule has 33 heavy (non-hydrogen) atoms. The van der Waals surface area contributed by atoms with Crippen LogP contribution in [0, 0.1) is 0 Å². The molecule has 1 aromatic rings. The fourth-order valence-electron chi connectivity index (χ4n) is 3.06. The van der Waals surface area contributed by atoms with Crippen LogP contribution in [-0.4, -0.2) is 72.0 Å². The Balaban J connectivity index is 2.82. The average molecular weight is 482 g/mol. The molecule has 0 fully saturated rings. The van der Waals surface area contributed by atoms with Gasteiger partial charge in [-0.25, -0.2) is 0 Å². The van der Waals surface area contributed by atoms with Crippen LogP contribution in [0.15, 0.2) is 30.3 Å². The number of nitrogens with two attached hydrogens (primary N) is 2. The lowest BCUT2D eigenvalue weighted by Crippen LogP contribution is -2.56. The molecule has 0 spiro atoms. The Morgan fingerprint density at radius 1 is 0.970 bits per heavy atom. The number of hydrogen-bond donors (Lipinski definition) is 6. The standard InChI is InChI=1S/C22H35N5O5S/c1-33-12-10-18(26-20(30)16(24)13-15-7-3-2-4-8-15)22(32)27-17(9-5-6-11-23)21(31)25-14-19(28)29/h2-4,7-8,16-18H,5-6,9-14,23-24H2,1H3,(H,25,31)(H,26,30)(H,27,32)(H,28,29). The van der Waals surface area contributed by atoms with Gasteiger partial charge < -0.3 is 32.5 Å². The van der Waals surface area contributed by atoms with Crippen molar-refractivity contribution in [2.24, 2.45) is 11.5 Å². The molecule has 3 atom stereocenters. The third kappa shape index (κ3) is 11.7. The first-order valence-electron chi connectivity index (χ1n) is 10.9. The number of aliphatic carboxylic acids is 1. The van der Waals surface area contributed by atoms with Crippen LogP contribution in [0.25, 0.3) is 0 Å². The minimum atomic E-state index is -1.19. The number of carboxylic acids is 1. The number of carbonyl (C=O) groups excluding carboxylic acids is 3. The number of unbranched alkanes of at least 4 members (excludes halogenated alkanes) is 1. The minimum absolute atomic E-state index is 0.297. The molecule has 11 heteroatoms. The maximum absolute atomic E-state index is 13.0. The van der Waals surface area contributed by atoms with Crippen LogP contribution in [0.1, 0.15) is 31.2 Å². The molecule has 0 aliphatic carbocycles.